The van der Waals surface area contributed by atoms with Gasteiger partial charge in [-0.1, -0.05) is 32.4 Å². The molecule has 0 radical (unpaired) electrons. The smallest absolute Gasteiger partial charge is 0.269 e. The molecule has 21 heavy (non-hydrogen) atoms. The maximum Gasteiger partial charge on any atom is 0.269 e. The molecule has 1 aromatic rings. The van der Waals surface area contributed by atoms with Crippen LogP contribution in [0.5, 0.6) is 0 Å². The maximum atomic E-state index is 11.9. The first-order valence-corrected chi connectivity index (χ1v) is 6.67. The predicted molar refractivity (Wildman–Crippen MR) is 77.4 cm³/mol. The lowest BCUT2D eigenvalue weighted by molar-refractivity contribution is -0.384. The summed E-state index contributed by atoms with van der Waals surface area (Å²) in [7, 11) is 0. The highest BCUT2D eigenvalue weighted by atomic mass is 16.6. The number of primary amides is 1. The van der Waals surface area contributed by atoms with Gasteiger partial charge in [-0.2, -0.15) is 0 Å². The Morgan fingerprint density at radius 1 is 1.43 bits per heavy atom. The molecule has 114 valence electrons. The molecule has 0 fully saturated rings. The quantitative estimate of drug-likeness (QED) is 0.579. The summed E-state index contributed by atoms with van der Waals surface area (Å²) in [5.41, 5.74) is 5.71. The number of non-ortho nitro benzene ring substituents is 1. The average Bonchev–Trinajstić information content (AvgIpc) is 2.43. The monoisotopic (exact) mass is 293 g/mol. The number of rotatable bonds is 7. The third-order valence-corrected chi connectivity index (χ3v) is 3.32. The standard InChI is InChI=1S/C14H19N3O4/c1-3-9(2)13(14(15)19)16-12(18)8-10-5-4-6-11(7-10)17(20)21/h4-7,9,13H,3,8H2,1-2H3,(H2,15,19)(H,16,18)/t9-,13-/m0/s1. The van der Waals surface area contributed by atoms with Crippen molar-refractivity contribution < 1.29 is 14.5 Å². The first-order valence-electron chi connectivity index (χ1n) is 6.67. The number of benzene rings is 1. The fraction of sp³-hybridized carbons (Fsp3) is 0.429. The maximum absolute atomic E-state index is 11.9. The summed E-state index contributed by atoms with van der Waals surface area (Å²) in [6.45, 7) is 3.72. The number of amides is 2. The molecule has 0 aliphatic heterocycles. The molecule has 0 aromatic heterocycles. The zero-order valence-corrected chi connectivity index (χ0v) is 12.0. The van der Waals surface area contributed by atoms with Crippen LogP contribution in [-0.2, 0) is 16.0 Å². The zero-order chi connectivity index (χ0) is 16.0. The van der Waals surface area contributed by atoms with Crippen molar-refractivity contribution in [2.24, 2.45) is 11.7 Å². The number of carbonyl (C=O) groups is 2. The predicted octanol–water partition coefficient (Wildman–Crippen LogP) is 1.15. The van der Waals surface area contributed by atoms with Gasteiger partial charge in [-0.3, -0.25) is 19.7 Å². The van der Waals surface area contributed by atoms with Gasteiger partial charge in [0.1, 0.15) is 6.04 Å². The summed E-state index contributed by atoms with van der Waals surface area (Å²) in [5.74, 6) is -1.05. The summed E-state index contributed by atoms with van der Waals surface area (Å²) in [6, 6.07) is 5.09. The molecule has 7 nitrogen and oxygen atoms in total. The van der Waals surface area contributed by atoms with E-state index in [9.17, 15) is 19.7 Å². The highest BCUT2D eigenvalue weighted by molar-refractivity contribution is 5.87. The van der Waals surface area contributed by atoms with Crippen LogP contribution >= 0.6 is 0 Å². The third kappa shape index (κ3) is 4.87. The SMILES string of the molecule is CC[C@H](C)[C@H](NC(=O)Cc1cccc([N+](=O)[O-])c1)C(N)=O. The van der Waals surface area contributed by atoms with E-state index >= 15 is 0 Å². The minimum atomic E-state index is -0.735. The van der Waals surface area contributed by atoms with Crippen LogP contribution < -0.4 is 11.1 Å². The number of hydrogen-bond donors (Lipinski definition) is 2. The van der Waals surface area contributed by atoms with E-state index in [1.54, 1.807) is 6.07 Å². The van der Waals surface area contributed by atoms with Gasteiger partial charge in [-0.15, -0.1) is 0 Å². The third-order valence-electron chi connectivity index (χ3n) is 3.32. The van der Waals surface area contributed by atoms with E-state index in [-0.39, 0.29) is 23.9 Å². The summed E-state index contributed by atoms with van der Waals surface area (Å²) in [6.07, 6.45) is 0.659. The summed E-state index contributed by atoms with van der Waals surface area (Å²) >= 11 is 0. The Bertz CT molecular complexity index is 545. The van der Waals surface area contributed by atoms with Gasteiger partial charge >= 0.3 is 0 Å². The number of hydrogen-bond acceptors (Lipinski definition) is 4. The van der Waals surface area contributed by atoms with E-state index in [4.69, 9.17) is 5.73 Å². The molecule has 0 unspecified atom stereocenters. The van der Waals surface area contributed by atoms with Crippen LogP contribution in [0.15, 0.2) is 24.3 Å². The largest absolute Gasteiger partial charge is 0.368 e. The second-order valence-electron chi connectivity index (χ2n) is 4.94. The molecule has 0 bridgehead atoms. The topological polar surface area (TPSA) is 115 Å². The van der Waals surface area contributed by atoms with Crippen molar-refractivity contribution in [3.63, 3.8) is 0 Å². The molecular weight excluding hydrogens is 274 g/mol. The van der Waals surface area contributed by atoms with Gasteiger partial charge in [0.25, 0.3) is 5.69 Å². The fourth-order valence-corrected chi connectivity index (χ4v) is 1.92. The molecule has 7 heteroatoms. The number of nitrogens with two attached hydrogens (primary N) is 1. The van der Waals surface area contributed by atoms with Crippen LogP contribution in [0.4, 0.5) is 5.69 Å². The number of nitro groups is 1. The van der Waals surface area contributed by atoms with Crippen LogP contribution in [0, 0.1) is 16.0 Å². The Balaban J connectivity index is 2.74. The molecule has 3 N–H and O–H groups in total. The van der Waals surface area contributed by atoms with Gasteiger partial charge < -0.3 is 11.1 Å². The number of nitrogens with zero attached hydrogens (tertiary/aromatic N) is 1. The van der Waals surface area contributed by atoms with E-state index in [2.05, 4.69) is 5.32 Å². The van der Waals surface area contributed by atoms with Gasteiger partial charge in [0.2, 0.25) is 11.8 Å². The van der Waals surface area contributed by atoms with Gasteiger partial charge in [-0.05, 0) is 11.5 Å². The van der Waals surface area contributed by atoms with E-state index in [0.29, 0.717) is 12.0 Å². The molecule has 0 spiro atoms. The van der Waals surface area contributed by atoms with E-state index in [1.165, 1.54) is 18.2 Å². The molecular formula is C14H19N3O4. The van der Waals surface area contributed by atoms with Crippen molar-refractivity contribution in [1.82, 2.24) is 5.32 Å². The second kappa shape index (κ2) is 7.37. The van der Waals surface area contributed by atoms with Crippen molar-refractivity contribution in [1.29, 1.82) is 0 Å². The lowest BCUT2D eigenvalue weighted by atomic mass is 9.98. The Morgan fingerprint density at radius 2 is 2.10 bits per heavy atom. The normalized spacial score (nSPS) is 13.2. The molecule has 2 atom stereocenters. The minimum absolute atomic E-state index is 0.0398. The highest BCUT2D eigenvalue weighted by Gasteiger charge is 2.23. The average molecular weight is 293 g/mol. The summed E-state index contributed by atoms with van der Waals surface area (Å²) < 4.78 is 0. The van der Waals surface area contributed by atoms with Crippen molar-refractivity contribution in [2.45, 2.75) is 32.7 Å². The van der Waals surface area contributed by atoms with Crippen molar-refractivity contribution in [3.05, 3.63) is 39.9 Å². The lowest BCUT2D eigenvalue weighted by Crippen LogP contribution is -2.48. The van der Waals surface area contributed by atoms with Crippen molar-refractivity contribution in [3.8, 4) is 0 Å². The van der Waals surface area contributed by atoms with Gasteiger partial charge in [-0.25, -0.2) is 0 Å². The summed E-state index contributed by atoms with van der Waals surface area (Å²) in [5, 5.41) is 13.3. The molecule has 1 aromatic carbocycles. The van der Waals surface area contributed by atoms with Crippen LogP contribution in [0.25, 0.3) is 0 Å². The van der Waals surface area contributed by atoms with Crippen LogP contribution in [0.2, 0.25) is 0 Å². The molecule has 0 saturated heterocycles. The highest BCUT2D eigenvalue weighted by Crippen LogP contribution is 2.14. The number of nitro benzene ring substituents is 1. The van der Waals surface area contributed by atoms with Gasteiger partial charge in [0.15, 0.2) is 0 Å². The minimum Gasteiger partial charge on any atom is -0.368 e. The van der Waals surface area contributed by atoms with Crippen molar-refractivity contribution >= 4 is 17.5 Å². The van der Waals surface area contributed by atoms with Gasteiger partial charge in [0, 0.05) is 12.1 Å². The first-order chi connectivity index (χ1) is 9.85. The van der Waals surface area contributed by atoms with Crippen molar-refractivity contribution in [2.75, 3.05) is 0 Å². The van der Waals surface area contributed by atoms with Gasteiger partial charge in [0.05, 0.1) is 11.3 Å². The van der Waals surface area contributed by atoms with Crippen LogP contribution in [-0.4, -0.2) is 22.8 Å². The van der Waals surface area contributed by atoms with E-state index < -0.39 is 16.9 Å². The Kier molecular flexibility index (Phi) is 5.83. The first kappa shape index (κ1) is 16.6. The van der Waals surface area contributed by atoms with Crippen LogP contribution in [0.3, 0.4) is 0 Å². The molecule has 0 aliphatic rings. The molecule has 0 saturated carbocycles. The lowest BCUT2D eigenvalue weighted by Gasteiger charge is -2.21. The Morgan fingerprint density at radius 3 is 2.62 bits per heavy atom. The molecule has 0 heterocycles. The zero-order valence-electron chi connectivity index (χ0n) is 12.0. The fourth-order valence-electron chi connectivity index (χ4n) is 1.92. The Hall–Kier alpha value is -2.44. The second-order valence-corrected chi connectivity index (χ2v) is 4.94. The van der Waals surface area contributed by atoms with E-state index in [0.717, 1.165) is 0 Å². The number of nitrogens with one attached hydrogen (secondary N) is 1. The molecule has 1 rings (SSSR count). The van der Waals surface area contributed by atoms with Crippen LogP contribution in [0.1, 0.15) is 25.8 Å². The van der Waals surface area contributed by atoms with E-state index in [1.807, 2.05) is 13.8 Å². The molecule has 2 amide bonds. The summed E-state index contributed by atoms with van der Waals surface area (Å²) in [4.78, 5) is 33.4. The molecule has 0 aliphatic carbocycles. The Labute approximate surface area is 122 Å². The number of carbonyl (C=O) groups excluding carboxylic acids is 2.